The van der Waals surface area contributed by atoms with Gasteiger partial charge in [0, 0.05) is 0 Å². The first-order chi connectivity index (χ1) is 14.9. The van der Waals surface area contributed by atoms with Gasteiger partial charge in [0.25, 0.3) is 0 Å². The fourth-order valence-electron chi connectivity index (χ4n) is 3.36. The van der Waals surface area contributed by atoms with Crippen molar-refractivity contribution in [2.75, 3.05) is 0 Å². The summed E-state index contributed by atoms with van der Waals surface area (Å²) in [5.74, 6) is -0.420. The zero-order valence-corrected chi connectivity index (χ0v) is 24.0. The highest BCUT2D eigenvalue weighted by molar-refractivity contribution is 6.74. The predicted molar refractivity (Wildman–Crippen MR) is 136 cm³/mol. The number of benzene rings is 1. The van der Waals surface area contributed by atoms with Crippen molar-refractivity contribution in [2.24, 2.45) is 0 Å². The number of ether oxygens (including phenoxy) is 1. The van der Waals surface area contributed by atoms with Crippen molar-refractivity contribution in [3.05, 3.63) is 35.9 Å². The second-order valence-corrected chi connectivity index (χ2v) is 21.8. The molecule has 2 rings (SSSR count). The topological polar surface area (TPSA) is 85.2 Å². The van der Waals surface area contributed by atoms with Gasteiger partial charge < -0.3 is 23.8 Å². The lowest BCUT2D eigenvalue weighted by molar-refractivity contribution is -0.156. The number of carbonyl (C=O) groups excluding carboxylic acids is 1. The van der Waals surface area contributed by atoms with E-state index in [2.05, 4.69) is 67.7 Å². The molecular formula is C25H44O6Si2. The van der Waals surface area contributed by atoms with Gasteiger partial charge in [0.2, 0.25) is 0 Å². The molecule has 0 unspecified atom stereocenters. The third-order valence-electron chi connectivity index (χ3n) is 7.61. The van der Waals surface area contributed by atoms with E-state index in [1.807, 2.05) is 30.3 Å². The smallest absolute Gasteiger partial charge is 0.308 e. The molecule has 1 aliphatic rings. The fraction of sp³-hybridized carbons (Fsp3) is 0.720. The summed E-state index contributed by atoms with van der Waals surface area (Å²) < 4.78 is 18.6. The molecule has 5 atom stereocenters. The fourth-order valence-corrected chi connectivity index (χ4v) is 5.95. The summed E-state index contributed by atoms with van der Waals surface area (Å²) >= 11 is 0. The van der Waals surface area contributed by atoms with Crippen LogP contribution in [0.15, 0.2) is 30.3 Å². The second kappa shape index (κ2) is 9.91. The first-order valence-electron chi connectivity index (χ1n) is 11.8. The van der Waals surface area contributed by atoms with Crippen molar-refractivity contribution >= 4 is 22.6 Å². The van der Waals surface area contributed by atoms with Gasteiger partial charge in [0.05, 0.1) is 18.6 Å². The molecule has 1 aromatic rings. The van der Waals surface area contributed by atoms with E-state index >= 15 is 0 Å². The molecule has 0 amide bonds. The van der Waals surface area contributed by atoms with Crippen LogP contribution in [0.4, 0.5) is 0 Å². The average Bonchev–Trinajstić information content (AvgIpc) is 3.03. The van der Waals surface area contributed by atoms with E-state index in [4.69, 9.17) is 13.6 Å². The second-order valence-electron chi connectivity index (χ2n) is 12.3. The Morgan fingerprint density at radius 1 is 0.939 bits per heavy atom. The first-order valence-corrected chi connectivity index (χ1v) is 17.7. The zero-order chi connectivity index (χ0) is 25.4. The molecule has 0 bridgehead atoms. The number of rotatable bonds is 8. The Morgan fingerprint density at radius 2 is 1.45 bits per heavy atom. The lowest BCUT2D eigenvalue weighted by atomic mass is 9.95. The number of hydrogen-bond donors (Lipinski definition) is 2. The van der Waals surface area contributed by atoms with Crippen LogP contribution in [0.25, 0.3) is 0 Å². The van der Waals surface area contributed by atoms with Crippen LogP contribution in [0, 0.1) is 0 Å². The van der Waals surface area contributed by atoms with Crippen molar-refractivity contribution in [1.82, 2.24) is 0 Å². The molecule has 1 aliphatic heterocycles. The highest BCUT2D eigenvalue weighted by Crippen LogP contribution is 2.43. The number of carbonyl (C=O) groups is 1. The minimum atomic E-state index is -2.30. The molecule has 0 saturated carbocycles. The Bertz CT molecular complexity index is 797. The lowest BCUT2D eigenvalue weighted by Gasteiger charge is -2.43. The van der Waals surface area contributed by atoms with E-state index in [1.54, 1.807) is 0 Å². The van der Waals surface area contributed by atoms with Crippen LogP contribution >= 0.6 is 0 Å². The summed E-state index contributed by atoms with van der Waals surface area (Å²) in [5.41, 5.74) is 0.778. The van der Waals surface area contributed by atoms with Gasteiger partial charge in [-0.3, -0.25) is 4.79 Å². The van der Waals surface area contributed by atoms with Crippen LogP contribution in [0.2, 0.25) is 36.3 Å². The van der Waals surface area contributed by atoms with Crippen molar-refractivity contribution in [2.45, 2.75) is 115 Å². The Balaban J connectivity index is 2.35. The Labute approximate surface area is 201 Å². The number of hydrogen-bond acceptors (Lipinski definition) is 6. The highest BCUT2D eigenvalue weighted by Gasteiger charge is 2.50. The zero-order valence-electron chi connectivity index (χ0n) is 22.0. The summed E-state index contributed by atoms with van der Waals surface area (Å²) in [6.07, 6.45) is -4.87. The van der Waals surface area contributed by atoms with Crippen LogP contribution in [-0.2, 0) is 18.4 Å². The number of cyclic esters (lactones) is 1. The quantitative estimate of drug-likeness (QED) is 0.381. The molecular weight excluding hydrogens is 452 g/mol. The Kier molecular flexibility index (Phi) is 8.47. The summed E-state index contributed by atoms with van der Waals surface area (Å²) in [7, 11) is -4.52. The van der Waals surface area contributed by atoms with E-state index < -0.39 is 53.1 Å². The average molecular weight is 497 g/mol. The third-order valence-corrected chi connectivity index (χ3v) is 16.6. The third kappa shape index (κ3) is 6.55. The molecule has 8 heteroatoms. The van der Waals surface area contributed by atoms with Gasteiger partial charge >= 0.3 is 5.97 Å². The van der Waals surface area contributed by atoms with Gasteiger partial charge in [-0.25, -0.2) is 0 Å². The molecule has 33 heavy (non-hydrogen) atoms. The minimum absolute atomic E-state index is 0.0647. The van der Waals surface area contributed by atoms with Crippen molar-refractivity contribution in [3.63, 3.8) is 0 Å². The maximum atomic E-state index is 12.2. The minimum Gasteiger partial charge on any atom is -0.457 e. The lowest BCUT2D eigenvalue weighted by Crippen LogP contribution is -2.52. The normalized spacial score (nSPS) is 23.2. The van der Waals surface area contributed by atoms with Gasteiger partial charge in [-0.05, 0) is 41.8 Å². The Hall–Kier alpha value is -1.04. The van der Waals surface area contributed by atoms with Crippen LogP contribution in [0.3, 0.4) is 0 Å². The van der Waals surface area contributed by atoms with E-state index in [-0.39, 0.29) is 16.5 Å². The van der Waals surface area contributed by atoms with Crippen molar-refractivity contribution in [3.8, 4) is 0 Å². The van der Waals surface area contributed by atoms with Gasteiger partial charge in [-0.15, -0.1) is 0 Å². The molecule has 2 N–H and O–H groups in total. The summed E-state index contributed by atoms with van der Waals surface area (Å²) in [6.45, 7) is 21.2. The molecule has 1 fully saturated rings. The summed E-state index contributed by atoms with van der Waals surface area (Å²) in [6, 6.07) is 9.44. The van der Waals surface area contributed by atoms with Crippen LogP contribution < -0.4 is 0 Å². The predicted octanol–water partition coefficient (Wildman–Crippen LogP) is 5.18. The summed E-state index contributed by atoms with van der Waals surface area (Å²) in [4.78, 5) is 12.2. The SMILES string of the molecule is CC(C)(C)[Si](C)(C)O[C@H](c1ccccc1)[C@H](O)[C@@H](O)[C@H]1OC(=O)C[C@H]1O[Si](C)(C)C(C)(C)C. The van der Waals surface area contributed by atoms with Gasteiger partial charge in [0.15, 0.2) is 22.7 Å². The van der Waals surface area contributed by atoms with Gasteiger partial charge in [-0.2, -0.15) is 0 Å². The molecule has 0 spiro atoms. The maximum Gasteiger partial charge on any atom is 0.308 e. The molecule has 6 nitrogen and oxygen atoms in total. The molecule has 1 aromatic carbocycles. The van der Waals surface area contributed by atoms with Crippen molar-refractivity contribution < 1.29 is 28.6 Å². The molecule has 0 aliphatic carbocycles. The van der Waals surface area contributed by atoms with E-state index in [1.165, 1.54) is 0 Å². The largest absolute Gasteiger partial charge is 0.457 e. The number of esters is 1. The van der Waals surface area contributed by atoms with E-state index in [0.29, 0.717) is 0 Å². The molecule has 0 radical (unpaired) electrons. The van der Waals surface area contributed by atoms with Crippen LogP contribution in [0.5, 0.6) is 0 Å². The Morgan fingerprint density at radius 3 is 1.94 bits per heavy atom. The molecule has 1 saturated heterocycles. The maximum absolute atomic E-state index is 12.2. The van der Waals surface area contributed by atoms with E-state index in [9.17, 15) is 15.0 Å². The van der Waals surface area contributed by atoms with Crippen LogP contribution in [0.1, 0.15) is 59.6 Å². The highest BCUT2D eigenvalue weighted by atomic mass is 28.4. The van der Waals surface area contributed by atoms with Gasteiger partial charge in [0.1, 0.15) is 12.2 Å². The first kappa shape index (κ1) is 28.2. The van der Waals surface area contributed by atoms with Crippen LogP contribution in [-0.4, -0.2) is 57.2 Å². The standard InChI is InChI=1S/C25H44O6Si2/c1-24(2,3)32(7,8)30-18-16-19(26)29-23(18)21(28)20(27)22(17-14-12-11-13-15-17)31-33(9,10)25(4,5)6/h11-15,18,20-23,27-28H,16H2,1-10H3/t18-,20-,21-,22-,23+/m1/s1. The van der Waals surface area contributed by atoms with E-state index in [0.717, 1.165) is 5.56 Å². The van der Waals surface area contributed by atoms with Gasteiger partial charge in [-0.1, -0.05) is 71.9 Å². The number of aliphatic hydroxyl groups is 2. The van der Waals surface area contributed by atoms with Crippen molar-refractivity contribution in [1.29, 1.82) is 0 Å². The summed E-state index contributed by atoms with van der Waals surface area (Å²) in [5, 5.41) is 22.5. The molecule has 0 aromatic heterocycles. The number of aliphatic hydroxyl groups excluding tert-OH is 2. The molecule has 1 heterocycles. The molecule has 188 valence electrons. The monoisotopic (exact) mass is 496 g/mol.